The Morgan fingerprint density at radius 1 is 1.23 bits per heavy atom. The lowest BCUT2D eigenvalue weighted by Gasteiger charge is -2.19. The molecular weight excluding hydrogens is 338 g/mol. The van der Waals surface area contributed by atoms with Crippen molar-refractivity contribution < 1.29 is 23.9 Å². The number of nitrogens with one attached hydrogen (secondary N) is 2. The van der Waals surface area contributed by atoms with Crippen LogP contribution >= 0.6 is 0 Å². The third kappa shape index (κ3) is 3.06. The van der Waals surface area contributed by atoms with Gasteiger partial charge in [-0.3, -0.25) is 14.5 Å². The van der Waals surface area contributed by atoms with E-state index in [0.29, 0.717) is 36.6 Å². The molecule has 2 aliphatic heterocycles. The summed E-state index contributed by atoms with van der Waals surface area (Å²) in [5.74, 6) is -0.525. The number of rotatable bonds is 5. The lowest BCUT2D eigenvalue weighted by Crippen LogP contribution is -2.45. The number of fused-ring (bicyclic) bond motifs is 1. The molecule has 0 bridgehead atoms. The Morgan fingerprint density at radius 3 is 2.73 bits per heavy atom. The highest BCUT2D eigenvalue weighted by Gasteiger charge is 2.44. The second-order valence-corrected chi connectivity index (χ2v) is 6.71. The van der Waals surface area contributed by atoms with Crippen LogP contribution in [0.3, 0.4) is 0 Å². The number of hydrogen-bond donors (Lipinski definition) is 2. The van der Waals surface area contributed by atoms with E-state index in [-0.39, 0.29) is 30.0 Å². The molecule has 0 spiro atoms. The van der Waals surface area contributed by atoms with Gasteiger partial charge in [-0.25, -0.2) is 4.79 Å². The van der Waals surface area contributed by atoms with Crippen molar-refractivity contribution >= 4 is 23.5 Å². The first kappa shape index (κ1) is 17.0. The first-order chi connectivity index (χ1) is 12.6. The maximum absolute atomic E-state index is 12.5. The molecule has 1 aromatic carbocycles. The summed E-state index contributed by atoms with van der Waals surface area (Å²) in [4.78, 5) is 38.4. The van der Waals surface area contributed by atoms with Gasteiger partial charge in [-0.15, -0.1) is 0 Å². The summed E-state index contributed by atoms with van der Waals surface area (Å²) in [6, 6.07) is 4.18. The number of urea groups is 1. The largest absolute Gasteiger partial charge is 0.376 e. The number of nitrogens with zero attached hydrogens (tertiary/aromatic N) is 1. The topological polar surface area (TPSA) is 97.0 Å². The molecule has 8 heteroatoms. The van der Waals surface area contributed by atoms with Gasteiger partial charge in [0.05, 0.1) is 30.4 Å². The zero-order valence-corrected chi connectivity index (χ0v) is 14.5. The highest BCUT2D eigenvalue weighted by molar-refractivity contribution is 6.22. The smallest absolute Gasteiger partial charge is 0.319 e. The summed E-state index contributed by atoms with van der Waals surface area (Å²) < 4.78 is 10.9. The molecule has 4 amide bonds. The van der Waals surface area contributed by atoms with Crippen LogP contribution in [0.25, 0.3) is 0 Å². The van der Waals surface area contributed by atoms with Gasteiger partial charge in [0.15, 0.2) is 0 Å². The Balaban J connectivity index is 1.43. The highest BCUT2D eigenvalue weighted by Crippen LogP contribution is 2.35. The summed E-state index contributed by atoms with van der Waals surface area (Å²) in [5, 5.41) is 5.54. The van der Waals surface area contributed by atoms with Gasteiger partial charge in [-0.05, 0) is 38.0 Å². The van der Waals surface area contributed by atoms with E-state index in [1.165, 1.54) is 4.90 Å². The number of anilines is 1. The molecule has 0 aromatic heterocycles. The number of carbonyl (C=O) groups is 3. The predicted molar refractivity (Wildman–Crippen MR) is 92.1 cm³/mol. The summed E-state index contributed by atoms with van der Waals surface area (Å²) in [6.45, 7) is 3.28. The van der Waals surface area contributed by atoms with E-state index in [2.05, 4.69) is 10.6 Å². The van der Waals surface area contributed by atoms with Crippen LogP contribution < -0.4 is 10.6 Å². The average molecular weight is 359 g/mol. The van der Waals surface area contributed by atoms with Crippen LogP contribution in [0.5, 0.6) is 0 Å². The predicted octanol–water partition coefficient (Wildman–Crippen LogP) is 1.37. The first-order valence-corrected chi connectivity index (χ1v) is 8.87. The van der Waals surface area contributed by atoms with Crippen molar-refractivity contribution in [3.63, 3.8) is 0 Å². The van der Waals surface area contributed by atoms with Gasteiger partial charge < -0.3 is 20.1 Å². The van der Waals surface area contributed by atoms with Gasteiger partial charge in [-0.1, -0.05) is 0 Å². The summed E-state index contributed by atoms with van der Waals surface area (Å²) >= 11 is 0. The number of imide groups is 1. The second kappa shape index (κ2) is 6.69. The zero-order valence-electron chi connectivity index (χ0n) is 14.5. The average Bonchev–Trinajstić information content (AvgIpc) is 3.30. The molecule has 1 aromatic rings. The van der Waals surface area contributed by atoms with Gasteiger partial charge in [0.2, 0.25) is 0 Å². The third-order valence-corrected chi connectivity index (χ3v) is 4.81. The van der Waals surface area contributed by atoms with Crippen LogP contribution in [0.4, 0.5) is 10.5 Å². The Hall–Kier alpha value is -2.45. The molecule has 138 valence electrons. The number of benzene rings is 1. The maximum Gasteiger partial charge on any atom is 0.319 e. The fraction of sp³-hybridized carbons (Fsp3) is 0.500. The van der Waals surface area contributed by atoms with E-state index in [0.717, 1.165) is 12.8 Å². The Kier molecular flexibility index (Phi) is 4.37. The van der Waals surface area contributed by atoms with Crippen LogP contribution in [0.1, 0.15) is 40.5 Å². The van der Waals surface area contributed by atoms with Crippen LogP contribution in [0.15, 0.2) is 18.2 Å². The summed E-state index contributed by atoms with van der Waals surface area (Å²) in [5.41, 5.74) is 1.21. The highest BCUT2D eigenvalue weighted by atomic mass is 16.5. The summed E-state index contributed by atoms with van der Waals surface area (Å²) in [7, 11) is 0. The Labute approximate surface area is 150 Å². The molecule has 1 aliphatic carbocycles. The van der Waals surface area contributed by atoms with E-state index in [9.17, 15) is 14.4 Å². The summed E-state index contributed by atoms with van der Waals surface area (Å²) in [6.07, 6.45) is 1.56. The van der Waals surface area contributed by atoms with Gasteiger partial charge in [-0.2, -0.15) is 0 Å². The minimum Gasteiger partial charge on any atom is -0.376 e. The van der Waals surface area contributed by atoms with Crippen LogP contribution in [-0.2, 0) is 9.47 Å². The molecule has 4 rings (SSSR count). The third-order valence-electron chi connectivity index (χ3n) is 4.81. The van der Waals surface area contributed by atoms with Crippen molar-refractivity contribution in [2.75, 3.05) is 25.1 Å². The second-order valence-electron chi connectivity index (χ2n) is 6.71. The molecule has 0 radical (unpaired) electrons. The Morgan fingerprint density at radius 2 is 2.00 bits per heavy atom. The molecule has 8 nitrogen and oxygen atoms in total. The van der Waals surface area contributed by atoms with Gasteiger partial charge in [0, 0.05) is 18.3 Å². The molecule has 2 atom stereocenters. The molecule has 1 saturated heterocycles. The standard InChI is InChI=1S/C18H21N3O5/c1-2-26-15-9-25-8-14(15)20-18(24)19-10-3-6-12-13(7-10)17(23)21(16(12)22)11-4-5-11/h3,6-7,11,14-15H,2,4-5,8-9H2,1H3,(H2,19,20,24)/t14-,15-/m1/s1. The first-order valence-electron chi connectivity index (χ1n) is 8.87. The van der Waals surface area contributed by atoms with Crippen molar-refractivity contribution in [1.82, 2.24) is 10.2 Å². The lowest BCUT2D eigenvalue weighted by molar-refractivity contribution is 0.0428. The van der Waals surface area contributed by atoms with Crippen molar-refractivity contribution in [2.24, 2.45) is 0 Å². The van der Waals surface area contributed by atoms with Crippen molar-refractivity contribution in [1.29, 1.82) is 0 Å². The molecule has 26 heavy (non-hydrogen) atoms. The number of hydrogen-bond acceptors (Lipinski definition) is 5. The quantitative estimate of drug-likeness (QED) is 0.774. The number of carbonyl (C=O) groups excluding carboxylic acids is 3. The number of amides is 4. The maximum atomic E-state index is 12.5. The van der Waals surface area contributed by atoms with Gasteiger partial charge in [0.25, 0.3) is 11.8 Å². The monoisotopic (exact) mass is 359 g/mol. The molecular formula is C18H21N3O5. The van der Waals surface area contributed by atoms with E-state index < -0.39 is 6.03 Å². The van der Waals surface area contributed by atoms with E-state index in [1.54, 1.807) is 18.2 Å². The van der Waals surface area contributed by atoms with Crippen LogP contribution in [0.2, 0.25) is 0 Å². The van der Waals surface area contributed by atoms with Gasteiger partial charge in [0.1, 0.15) is 6.10 Å². The molecule has 3 aliphatic rings. The van der Waals surface area contributed by atoms with E-state index >= 15 is 0 Å². The number of ether oxygens (including phenoxy) is 2. The fourth-order valence-corrected chi connectivity index (χ4v) is 3.38. The normalized spacial score (nSPS) is 24.7. The molecule has 1 saturated carbocycles. The van der Waals surface area contributed by atoms with E-state index in [4.69, 9.17) is 9.47 Å². The van der Waals surface area contributed by atoms with Crippen molar-refractivity contribution in [2.45, 2.75) is 38.0 Å². The van der Waals surface area contributed by atoms with Crippen molar-refractivity contribution in [3.8, 4) is 0 Å². The van der Waals surface area contributed by atoms with Crippen LogP contribution in [0, 0.1) is 0 Å². The van der Waals surface area contributed by atoms with Gasteiger partial charge >= 0.3 is 6.03 Å². The zero-order chi connectivity index (χ0) is 18.3. The van der Waals surface area contributed by atoms with E-state index in [1.807, 2.05) is 6.92 Å². The lowest BCUT2D eigenvalue weighted by atomic mass is 10.1. The Bertz CT molecular complexity index is 761. The molecule has 2 N–H and O–H groups in total. The van der Waals surface area contributed by atoms with Crippen LogP contribution in [-0.4, -0.2) is 60.8 Å². The SMILES string of the molecule is CCO[C@@H]1COC[C@H]1NC(=O)Nc1ccc2c(c1)C(=O)N(C1CC1)C2=O. The minimum atomic E-state index is -0.402. The molecule has 2 heterocycles. The minimum absolute atomic E-state index is 0.0278. The molecule has 0 unspecified atom stereocenters. The molecule has 2 fully saturated rings. The van der Waals surface area contributed by atoms with Crippen molar-refractivity contribution in [3.05, 3.63) is 29.3 Å². The fourth-order valence-electron chi connectivity index (χ4n) is 3.38.